The average Bonchev–Trinajstić information content (AvgIpc) is 4.06. The molecular formula is C60H47N. The van der Waals surface area contributed by atoms with E-state index in [-0.39, 0.29) is 10.8 Å². The topological polar surface area (TPSA) is 3.24 Å². The lowest BCUT2D eigenvalue weighted by atomic mass is 9.67. The molecule has 0 amide bonds. The minimum absolute atomic E-state index is 0.0874. The van der Waals surface area contributed by atoms with Crippen LogP contribution in [0.15, 0.2) is 188 Å². The molecule has 0 aromatic heterocycles. The summed E-state index contributed by atoms with van der Waals surface area (Å²) in [6, 6.07) is 71.4. The van der Waals surface area contributed by atoms with Gasteiger partial charge in [-0.25, -0.2) is 0 Å². The second-order valence-electron chi connectivity index (χ2n) is 18.8. The molecule has 292 valence electrons. The highest BCUT2D eigenvalue weighted by Crippen LogP contribution is 2.66. The van der Waals surface area contributed by atoms with E-state index in [1.54, 1.807) is 5.56 Å². The average molecular weight is 782 g/mol. The number of nitrogens with zero attached hydrogens (tertiary/aromatic N) is 1. The third kappa shape index (κ3) is 4.95. The molecule has 3 atom stereocenters. The van der Waals surface area contributed by atoms with Crippen LogP contribution >= 0.6 is 0 Å². The van der Waals surface area contributed by atoms with Crippen molar-refractivity contribution >= 4 is 38.6 Å². The first-order valence-electron chi connectivity index (χ1n) is 22.4. The summed E-state index contributed by atoms with van der Waals surface area (Å²) in [5.74, 6) is 1.52. The highest BCUT2D eigenvalue weighted by atomic mass is 15.1. The van der Waals surface area contributed by atoms with Crippen molar-refractivity contribution in [2.24, 2.45) is 11.8 Å². The normalized spacial score (nSPS) is 19.9. The molecular weight excluding hydrogens is 735 g/mol. The summed E-state index contributed by atoms with van der Waals surface area (Å²) in [4.78, 5) is 2.54. The zero-order valence-corrected chi connectivity index (χ0v) is 34.8. The Morgan fingerprint density at radius 1 is 0.443 bits per heavy atom. The van der Waals surface area contributed by atoms with Crippen LogP contribution in [0.3, 0.4) is 0 Å². The van der Waals surface area contributed by atoms with Gasteiger partial charge in [-0.15, -0.1) is 0 Å². The number of rotatable bonds is 5. The highest BCUT2D eigenvalue weighted by molar-refractivity contribution is 6.09. The molecule has 4 aliphatic rings. The summed E-state index contributed by atoms with van der Waals surface area (Å²) in [6.45, 7) is 4.77. The van der Waals surface area contributed by atoms with Gasteiger partial charge in [-0.1, -0.05) is 172 Å². The van der Waals surface area contributed by atoms with E-state index in [2.05, 4.69) is 207 Å². The lowest BCUT2D eigenvalue weighted by Crippen LogP contribution is -2.32. The SMILES string of the molecule is CC1(C)c2ccccc2-c2cccc(-c3ccc(N(c4ccc5c(c4)C4(CC6CCC4C6)c4ccccc4-5)c4ccccc4-c4ccc5c(ccc6ccccc65)c4)cc3)c21. The van der Waals surface area contributed by atoms with Gasteiger partial charge in [0.15, 0.2) is 0 Å². The predicted molar refractivity (Wildman–Crippen MR) is 256 cm³/mol. The Labute approximate surface area is 359 Å². The van der Waals surface area contributed by atoms with Gasteiger partial charge >= 0.3 is 0 Å². The first-order valence-corrected chi connectivity index (χ1v) is 22.4. The smallest absolute Gasteiger partial charge is 0.0540 e. The van der Waals surface area contributed by atoms with Gasteiger partial charge < -0.3 is 4.90 Å². The minimum atomic E-state index is -0.0874. The van der Waals surface area contributed by atoms with E-state index in [0.29, 0.717) is 5.92 Å². The van der Waals surface area contributed by atoms with Crippen LogP contribution in [0.1, 0.15) is 61.8 Å². The van der Waals surface area contributed by atoms with Crippen molar-refractivity contribution in [1.82, 2.24) is 0 Å². The Kier molecular flexibility index (Phi) is 7.42. The van der Waals surface area contributed by atoms with Gasteiger partial charge in [0, 0.05) is 27.8 Å². The molecule has 2 saturated carbocycles. The van der Waals surface area contributed by atoms with Crippen molar-refractivity contribution in [3.63, 3.8) is 0 Å². The number of fused-ring (bicyclic) bond motifs is 14. The van der Waals surface area contributed by atoms with E-state index in [0.717, 1.165) is 11.6 Å². The first-order chi connectivity index (χ1) is 30.0. The summed E-state index contributed by atoms with van der Waals surface area (Å²) >= 11 is 0. The number of anilines is 3. The molecule has 1 nitrogen and oxygen atoms in total. The van der Waals surface area contributed by atoms with Crippen LogP contribution in [-0.4, -0.2) is 0 Å². The molecule has 0 N–H and O–H groups in total. The highest BCUT2D eigenvalue weighted by Gasteiger charge is 2.56. The molecule has 0 radical (unpaired) electrons. The Morgan fingerprint density at radius 3 is 1.90 bits per heavy atom. The van der Waals surface area contributed by atoms with Gasteiger partial charge in [0.1, 0.15) is 0 Å². The lowest BCUT2D eigenvalue weighted by molar-refractivity contribution is 0.327. The molecule has 1 spiro atoms. The Hall–Kier alpha value is -6.70. The molecule has 13 rings (SSSR count). The molecule has 2 bridgehead atoms. The van der Waals surface area contributed by atoms with Gasteiger partial charge in [0.2, 0.25) is 0 Å². The maximum absolute atomic E-state index is 2.59. The van der Waals surface area contributed by atoms with Gasteiger partial charge in [-0.3, -0.25) is 0 Å². The largest absolute Gasteiger partial charge is 0.310 e. The van der Waals surface area contributed by atoms with Crippen LogP contribution in [0.2, 0.25) is 0 Å². The van der Waals surface area contributed by atoms with E-state index in [1.807, 2.05) is 0 Å². The molecule has 0 aliphatic heterocycles. The molecule has 2 fully saturated rings. The van der Waals surface area contributed by atoms with Crippen LogP contribution in [0, 0.1) is 11.8 Å². The predicted octanol–water partition coefficient (Wildman–Crippen LogP) is 16.2. The minimum Gasteiger partial charge on any atom is -0.310 e. The Bertz CT molecular complexity index is 3260. The summed E-state index contributed by atoms with van der Waals surface area (Å²) in [5.41, 5.74) is 20.1. The number of hydrogen-bond acceptors (Lipinski definition) is 1. The first kappa shape index (κ1) is 35.1. The molecule has 0 heterocycles. The van der Waals surface area contributed by atoms with Crippen LogP contribution in [-0.2, 0) is 10.8 Å². The van der Waals surface area contributed by atoms with Crippen LogP contribution in [0.4, 0.5) is 17.1 Å². The fraction of sp³-hybridized carbons (Fsp3) is 0.167. The van der Waals surface area contributed by atoms with E-state index in [4.69, 9.17) is 0 Å². The third-order valence-electron chi connectivity index (χ3n) is 15.5. The summed E-state index contributed by atoms with van der Waals surface area (Å²) in [5, 5.41) is 5.13. The Balaban J connectivity index is 0.989. The number of benzene rings is 9. The van der Waals surface area contributed by atoms with Crippen LogP contribution in [0.25, 0.3) is 66.1 Å². The molecule has 9 aromatic carbocycles. The molecule has 9 aromatic rings. The van der Waals surface area contributed by atoms with Gasteiger partial charge in [0.05, 0.1) is 5.69 Å². The molecule has 4 aliphatic carbocycles. The number of para-hydroxylation sites is 1. The Morgan fingerprint density at radius 2 is 1.08 bits per heavy atom. The summed E-state index contributed by atoms with van der Waals surface area (Å²) in [6.07, 6.45) is 5.34. The second kappa shape index (κ2) is 12.9. The van der Waals surface area contributed by atoms with Crippen molar-refractivity contribution in [2.45, 2.75) is 50.4 Å². The lowest BCUT2D eigenvalue weighted by Gasteiger charge is -2.37. The summed E-state index contributed by atoms with van der Waals surface area (Å²) < 4.78 is 0. The van der Waals surface area contributed by atoms with Crippen molar-refractivity contribution in [3.8, 4) is 44.5 Å². The van der Waals surface area contributed by atoms with Crippen LogP contribution in [0.5, 0.6) is 0 Å². The fourth-order valence-electron chi connectivity index (χ4n) is 12.9. The van der Waals surface area contributed by atoms with E-state index < -0.39 is 0 Å². The fourth-order valence-corrected chi connectivity index (χ4v) is 12.9. The van der Waals surface area contributed by atoms with Gasteiger partial charge in [-0.05, 0) is 150 Å². The van der Waals surface area contributed by atoms with Crippen molar-refractivity contribution < 1.29 is 0 Å². The molecule has 61 heavy (non-hydrogen) atoms. The number of hydrogen-bond donors (Lipinski definition) is 0. The summed E-state index contributed by atoms with van der Waals surface area (Å²) in [7, 11) is 0. The maximum atomic E-state index is 2.59. The van der Waals surface area contributed by atoms with Gasteiger partial charge in [-0.2, -0.15) is 0 Å². The molecule has 3 unspecified atom stereocenters. The van der Waals surface area contributed by atoms with Crippen molar-refractivity contribution in [1.29, 1.82) is 0 Å². The monoisotopic (exact) mass is 781 g/mol. The quantitative estimate of drug-likeness (QED) is 0.157. The van der Waals surface area contributed by atoms with E-state index in [1.165, 1.54) is 120 Å². The zero-order chi connectivity index (χ0) is 40.5. The van der Waals surface area contributed by atoms with E-state index in [9.17, 15) is 0 Å². The van der Waals surface area contributed by atoms with Crippen molar-refractivity contribution in [2.75, 3.05) is 4.90 Å². The second-order valence-corrected chi connectivity index (χ2v) is 18.8. The standard InChI is InChI=1S/C60H47N/c1-59(2)54-19-8-5-16-51(54)53-18-11-17-49(58(53)59)40-25-29-44(30-26-40)61(45-31-33-52-50-15-6-9-20-55(50)60(56(52)36-45)37-38-22-28-43(60)34-38)57-21-10-7-14-48(57)42-27-32-47-41(35-42)24-23-39-12-3-4-13-46(39)47/h3-21,23-27,29-33,35-36,38,43H,22,28,34,37H2,1-2H3. The maximum Gasteiger partial charge on any atom is 0.0540 e. The van der Waals surface area contributed by atoms with E-state index >= 15 is 0 Å². The van der Waals surface area contributed by atoms with Crippen molar-refractivity contribution in [3.05, 3.63) is 210 Å². The van der Waals surface area contributed by atoms with Gasteiger partial charge in [0.25, 0.3) is 0 Å². The molecule has 0 saturated heterocycles. The third-order valence-corrected chi connectivity index (χ3v) is 15.5. The van der Waals surface area contributed by atoms with Crippen LogP contribution < -0.4 is 4.90 Å². The zero-order valence-electron chi connectivity index (χ0n) is 34.8. The molecule has 1 heteroatoms.